The molecule has 0 aliphatic heterocycles. The lowest BCUT2D eigenvalue weighted by Crippen LogP contribution is -2.15. The standard InChI is InChI=1S/C21H22N4O3/c1-4-14-7-5-6-8-16(14)23-21(26)17-10-12-20(25-24-17)22-15-9-11-18(27-2)19(13-15)28-3/h5-13H,4H2,1-3H3,(H,22,25)(H,23,26). The zero-order valence-corrected chi connectivity index (χ0v) is 16.0. The van der Waals surface area contributed by atoms with E-state index in [2.05, 4.69) is 20.8 Å². The largest absolute Gasteiger partial charge is 0.493 e. The summed E-state index contributed by atoms with van der Waals surface area (Å²) in [6.45, 7) is 2.04. The Hall–Kier alpha value is -3.61. The van der Waals surface area contributed by atoms with Crippen LogP contribution >= 0.6 is 0 Å². The minimum atomic E-state index is -0.300. The second kappa shape index (κ2) is 8.85. The van der Waals surface area contributed by atoms with Gasteiger partial charge in [0.05, 0.1) is 14.2 Å². The lowest BCUT2D eigenvalue weighted by Gasteiger charge is -2.11. The Morgan fingerprint density at radius 2 is 1.75 bits per heavy atom. The van der Waals surface area contributed by atoms with Gasteiger partial charge < -0.3 is 20.1 Å². The van der Waals surface area contributed by atoms with Gasteiger partial charge in [-0.3, -0.25) is 4.79 Å². The van der Waals surface area contributed by atoms with E-state index in [0.717, 1.165) is 23.4 Å². The molecule has 2 N–H and O–H groups in total. The summed E-state index contributed by atoms with van der Waals surface area (Å²) in [5, 5.41) is 14.1. The van der Waals surface area contributed by atoms with Gasteiger partial charge in [0.2, 0.25) is 0 Å². The van der Waals surface area contributed by atoms with E-state index in [1.54, 1.807) is 38.5 Å². The molecule has 0 aliphatic carbocycles. The SMILES string of the molecule is CCc1ccccc1NC(=O)c1ccc(Nc2ccc(OC)c(OC)c2)nn1. The first-order valence-electron chi connectivity index (χ1n) is 8.86. The normalized spacial score (nSPS) is 10.2. The minimum Gasteiger partial charge on any atom is -0.493 e. The molecule has 0 saturated heterocycles. The van der Waals surface area contributed by atoms with Crippen LogP contribution in [-0.2, 0) is 6.42 Å². The van der Waals surface area contributed by atoms with Gasteiger partial charge >= 0.3 is 0 Å². The molecule has 0 fully saturated rings. The van der Waals surface area contributed by atoms with Crippen molar-refractivity contribution in [1.29, 1.82) is 0 Å². The Morgan fingerprint density at radius 1 is 0.964 bits per heavy atom. The zero-order valence-electron chi connectivity index (χ0n) is 16.0. The maximum absolute atomic E-state index is 12.4. The summed E-state index contributed by atoms with van der Waals surface area (Å²) >= 11 is 0. The highest BCUT2D eigenvalue weighted by atomic mass is 16.5. The number of methoxy groups -OCH3 is 2. The van der Waals surface area contributed by atoms with Crippen molar-refractivity contribution < 1.29 is 14.3 Å². The van der Waals surface area contributed by atoms with E-state index < -0.39 is 0 Å². The molecule has 0 saturated carbocycles. The van der Waals surface area contributed by atoms with Crippen molar-refractivity contribution in [1.82, 2.24) is 10.2 Å². The number of ether oxygens (including phenoxy) is 2. The van der Waals surface area contributed by atoms with E-state index in [1.807, 2.05) is 37.3 Å². The van der Waals surface area contributed by atoms with Crippen molar-refractivity contribution in [2.75, 3.05) is 24.9 Å². The topological polar surface area (TPSA) is 85.4 Å². The fourth-order valence-electron chi connectivity index (χ4n) is 2.72. The van der Waals surface area contributed by atoms with Gasteiger partial charge in [-0.2, -0.15) is 0 Å². The molecule has 0 unspecified atom stereocenters. The summed E-state index contributed by atoms with van der Waals surface area (Å²) in [6, 6.07) is 16.4. The summed E-state index contributed by atoms with van der Waals surface area (Å²) in [4.78, 5) is 12.4. The van der Waals surface area contributed by atoms with Gasteiger partial charge in [-0.15, -0.1) is 10.2 Å². The maximum Gasteiger partial charge on any atom is 0.276 e. The molecule has 144 valence electrons. The van der Waals surface area contributed by atoms with Gasteiger partial charge in [-0.25, -0.2) is 0 Å². The molecular weight excluding hydrogens is 356 g/mol. The van der Waals surface area contributed by atoms with Crippen LogP contribution in [0.25, 0.3) is 0 Å². The predicted molar refractivity (Wildman–Crippen MR) is 109 cm³/mol. The Kier molecular flexibility index (Phi) is 6.06. The minimum absolute atomic E-state index is 0.240. The van der Waals surface area contributed by atoms with Crippen LogP contribution in [0.3, 0.4) is 0 Å². The molecule has 7 nitrogen and oxygen atoms in total. The van der Waals surface area contributed by atoms with Crippen LogP contribution in [0.15, 0.2) is 54.6 Å². The molecule has 2 aromatic carbocycles. The highest BCUT2D eigenvalue weighted by Crippen LogP contribution is 2.30. The Balaban J connectivity index is 1.70. The third-order valence-electron chi connectivity index (χ3n) is 4.20. The Labute approximate surface area is 163 Å². The lowest BCUT2D eigenvalue weighted by atomic mass is 10.1. The van der Waals surface area contributed by atoms with Crippen molar-refractivity contribution >= 4 is 23.1 Å². The fourth-order valence-corrected chi connectivity index (χ4v) is 2.72. The first-order valence-corrected chi connectivity index (χ1v) is 8.86. The molecular formula is C21H22N4O3. The predicted octanol–water partition coefficient (Wildman–Crippen LogP) is 4.05. The molecule has 28 heavy (non-hydrogen) atoms. The smallest absolute Gasteiger partial charge is 0.276 e. The number of benzene rings is 2. The van der Waals surface area contributed by atoms with Crippen molar-refractivity contribution in [3.05, 3.63) is 65.9 Å². The number of nitrogens with one attached hydrogen (secondary N) is 2. The number of carbonyl (C=O) groups excluding carboxylic acids is 1. The molecule has 7 heteroatoms. The van der Waals surface area contributed by atoms with Crippen LogP contribution in [0.5, 0.6) is 11.5 Å². The third-order valence-corrected chi connectivity index (χ3v) is 4.20. The molecule has 1 aromatic heterocycles. The summed E-state index contributed by atoms with van der Waals surface area (Å²) in [6.07, 6.45) is 0.830. The highest BCUT2D eigenvalue weighted by molar-refractivity contribution is 6.03. The van der Waals surface area contributed by atoms with E-state index in [-0.39, 0.29) is 11.6 Å². The number of amides is 1. The van der Waals surface area contributed by atoms with E-state index in [9.17, 15) is 4.79 Å². The molecule has 0 bridgehead atoms. The van der Waals surface area contributed by atoms with Crippen LogP contribution in [0, 0.1) is 0 Å². The average Bonchev–Trinajstić information content (AvgIpc) is 2.74. The molecule has 0 radical (unpaired) electrons. The van der Waals surface area contributed by atoms with Crippen LogP contribution < -0.4 is 20.1 Å². The van der Waals surface area contributed by atoms with Gasteiger partial charge in [0, 0.05) is 17.4 Å². The first kappa shape index (κ1) is 19.2. The molecule has 3 aromatic rings. The summed E-state index contributed by atoms with van der Waals surface area (Å²) in [5.74, 6) is 1.45. The van der Waals surface area contributed by atoms with Crippen LogP contribution in [0.4, 0.5) is 17.2 Å². The van der Waals surface area contributed by atoms with E-state index in [0.29, 0.717) is 17.3 Å². The van der Waals surface area contributed by atoms with Gasteiger partial charge in [0.15, 0.2) is 23.0 Å². The maximum atomic E-state index is 12.4. The monoisotopic (exact) mass is 378 g/mol. The average molecular weight is 378 g/mol. The van der Waals surface area contributed by atoms with Crippen LogP contribution in [0.2, 0.25) is 0 Å². The molecule has 3 rings (SSSR count). The second-order valence-electron chi connectivity index (χ2n) is 5.96. The van der Waals surface area contributed by atoms with Gasteiger partial charge in [0.1, 0.15) is 0 Å². The van der Waals surface area contributed by atoms with E-state index >= 15 is 0 Å². The van der Waals surface area contributed by atoms with E-state index in [4.69, 9.17) is 9.47 Å². The van der Waals surface area contributed by atoms with Crippen LogP contribution in [0.1, 0.15) is 23.0 Å². The van der Waals surface area contributed by atoms with Gasteiger partial charge in [-0.05, 0) is 42.3 Å². The van der Waals surface area contributed by atoms with Crippen molar-refractivity contribution in [3.63, 3.8) is 0 Å². The third kappa shape index (κ3) is 4.37. The second-order valence-corrected chi connectivity index (χ2v) is 5.96. The number of aromatic nitrogens is 2. The molecule has 0 spiro atoms. The highest BCUT2D eigenvalue weighted by Gasteiger charge is 2.11. The number of carbonyl (C=O) groups is 1. The molecule has 1 heterocycles. The zero-order chi connectivity index (χ0) is 19.9. The number of para-hydroxylation sites is 1. The van der Waals surface area contributed by atoms with Crippen molar-refractivity contribution in [3.8, 4) is 11.5 Å². The Morgan fingerprint density at radius 3 is 2.43 bits per heavy atom. The molecule has 0 atom stereocenters. The first-order chi connectivity index (χ1) is 13.6. The summed E-state index contributed by atoms with van der Waals surface area (Å²) in [5.41, 5.74) is 2.85. The van der Waals surface area contributed by atoms with Gasteiger partial charge in [0.25, 0.3) is 5.91 Å². The van der Waals surface area contributed by atoms with Gasteiger partial charge in [-0.1, -0.05) is 25.1 Å². The summed E-state index contributed by atoms with van der Waals surface area (Å²) < 4.78 is 10.5. The number of hydrogen-bond acceptors (Lipinski definition) is 6. The van der Waals surface area contributed by atoms with Crippen molar-refractivity contribution in [2.45, 2.75) is 13.3 Å². The molecule has 0 aliphatic rings. The van der Waals surface area contributed by atoms with E-state index in [1.165, 1.54) is 0 Å². The Bertz CT molecular complexity index is 958. The quantitative estimate of drug-likeness (QED) is 0.645. The lowest BCUT2D eigenvalue weighted by molar-refractivity contribution is 0.102. The molecule has 1 amide bonds. The number of rotatable bonds is 7. The number of aryl methyl sites for hydroxylation is 1. The number of nitrogens with zero attached hydrogens (tertiary/aromatic N) is 2. The van der Waals surface area contributed by atoms with Crippen LogP contribution in [-0.4, -0.2) is 30.3 Å². The number of anilines is 3. The summed E-state index contributed by atoms with van der Waals surface area (Å²) in [7, 11) is 3.16. The van der Waals surface area contributed by atoms with Crippen molar-refractivity contribution in [2.24, 2.45) is 0 Å². The fraction of sp³-hybridized carbons (Fsp3) is 0.190. The number of hydrogen-bond donors (Lipinski definition) is 2.